The molecule has 0 saturated heterocycles. The number of aliphatic imine (C=N–C) groups is 1. The summed E-state index contributed by atoms with van der Waals surface area (Å²) in [5.74, 6) is 0. The van der Waals surface area contributed by atoms with E-state index in [2.05, 4.69) is 47.3 Å². The SMILES string of the molecule is CSc1cccc2cc(C3=C(C)SC4=NCCN43)sc12. The Morgan fingerprint density at radius 3 is 3.10 bits per heavy atom. The number of allylic oxidation sites excluding steroid dienone is 1. The van der Waals surface area contributed by atoms with Gasteiger partial charge in [0.1, 0.15) is 0 Å². The molecule has 2 aromatic rings. The van der Waals surface area contributed by atoms with Crippen molar-refractivity contribution in [2.75, 3.05) is 19.3 Å². The molecular weight excluding hydrogens is 304 g/mol. The summed E-state index contributed by atoms with van der Waals surface area (Å²) < 4.78 is 1.41. The fraction of sp³-hybridized carbons (Fsp3) is 0.267. The molecule has 102 valence electrons. The normalized spacial score (nSPS) is 18.1. The number of nitrogens with zero attached hydrogens (tertiary/aromatic N) is 2. The van der Waals surface area contributed by atoms with Gasteiger partial charge in [0.2, 0.25) is 0 Å². The average molecular weight is 318 g/mol. The molecule has 0 bridgehead atoms. The summed E-state index contributed by atoms with van der Waals surface area (Å²) in [6.45, 7) is 4.17. The van der Waals surface area contributed by atoms with Crippen molar-refractivity contribution in [1.82, 2.24) is 4.90 Å². The molecule has 4 rings (SSSR count). The van der Waals surface area contributed by atoms with E-state index < -0.39 is 0 Å². The van der Waals surface area contributed by atoms with Crippen LogP contribution in [0.15, 0.2) is 39.1 Å². The number of hydrogen-bond donors (Lipinski definition) is 0. The number of benzene rings is 1. The number of hydrogen-bond acceptors (Lipinski definition) is 5. The van der Waals surface area contributed by atoms with Crippen molar-refractivity contribution < 1.29 is 0 Å². The van der Waals surface area contributed by atoms with Crippen LogP contribution in [-0.4, -0.2) is 29.4 Å². The standard InChI is InChI=1S/C15H14N2S3/c1-9-13(17-7-6-16-15(17)19-9)12-8-10-4-3-5-11(18-2)14(10)20-12/h3-5,8H,6-7H2,1-2H3. The fourth-order valence-corrected chi connectivity index (χ4v) is 5.89. The Morgan fingerprint density at radius 1 is 1.35 bits per heavy atom. The third kappa shape index (κ3) is 1.84. The summed E-state index contributed by atoms with van der Waals surface area (Å²) in [5, 5.41) is 2.53. The highest BCUT2D eigenvalue weighted by molar-refractivity contribution is 8.17. The van der Waals surface area contributed by atoms with Crippen LogP contribution in [0.3, 0.4) is 0 Å². The maximum absolute atomic E-state index is 4.58. The summed E-state index contributed by atoms with van der Waals surface area (Å²) in [7, 11) is 0. The van der Waals surface area contributed by atoms with Crippen molar-refractivity contribution in [2.24, 2.45) is 4.99 Å². The first kappa shape index (κ1) is 12.8. The molecule has 1 aromatic heterocycles. The lowest BCUT2D eigenvalue weighted by Crippen LogP contribution is -2.19. The summed E-state index contributed by atoms with van der Waals surface area (Å²) in [4.78, 5) is 11.1. The van der Waals surface area contributed by atoms with Crippen molar-refractivity contribution in [2.45, 2.75) is 11.8 Å². The number of rotatable bonds is 2. The Labute approximate surface area is 131 Å². The summed E-state index contributed by atoms with van der Waals surface area (Å²) in [6.07, 6.45) is 2.15. The minimum absolute atomic E-state index is 0.931. The molecule has 0 atom stereocenters. The first-order valence-corrected chi connectivity index (χ1v) is 9.41. The van der Waals surface area contributed by atoms with E-state index in [1.807, 2.05) is 34.9 Å². The Balaban J connectivity index is 1.87. The fourth-order valence-electron chi connectivity index (χ4n) is 2.72. The highest BCUT2D eigenvalue weighted by Gasteiger charge is 2.31. The van der Waals surface area contributed by atoms with Gasteiger partial charge in [0.05, 0.1) is 17.1 Å². The molecule has 0 N–H and O–H groups in total. The van der Waals surface area contributed by atoms with Crippen molar-refractivity contribution in [1.29, 1.82) is 0 Å². The van der Waals surface area contributed by atoms with Gasteiger partial charge in [0, 0.05) is 21.0 Å². The quantitative estimate of drug-likeness (QED) is 0.744. The van der Waals surface area contributed by atoms with Gasteiger partial charge in [-0.05, 0) is 30.7 Å². The van der Waals surface area contributed by atoms with E-state index in [4.69, 9.17) is 0 Å². The molecule has 0 fully saturated rings. The lowest BCUT2D eigenvalue weighted by atomic mass is 10.2. The molecule has 20 heavy (non-hydrogen) atoms. The van der Waals surface area contributed by atoms with Crippen LogP contribution >= 0.6 is 34.9 Å². The van der Waals surface area contributed by atoms with Gasteiger partial charge in [-0.1, -0.05) is 23.9 Å². The van der Waals surface area contributed by atoms with Crippen LogP contribution in [0.5, 0.6) is 0 Å². The van der Waals surface area contributed by atoms with E-state index in [0.717, 1.165) is 13.1 Å². The van der Waals surface area contributed by atoms with E-state index in [0.29, 0.717) is 0 Å². The van der Waals surface area contributed by atoms with Crippen molar-refractivity contribution in [3.63, 3.8) is 0 Å². The molecule has 2 aliphatic rings. The Hall–Kier alpha value is -0.910. The smallest absolute Gasteiger partial charge is 0.168 e. The number of thioether (sulfide) groups is 2. The van der Waals surface area contributed by atoms with Gasteiger partial charge in [-0.2, -0.15) is 0 Å². The average Bonchev–Trinajstić information content (AvgIpc) is 3.10. The van der Waals surface area contributed by atoms with Crippen LogP contribution in [-0.2, 0) is 0 Å². The van der Waals surface area contributed by atoms with Crippen LogP contribution in [0.4, 0.5) is 0 Å². The largest absolute Gasteiger partial charge is 0.317 e. The molecule has 0 saturated carbocycles. The van der Waals surface area contributed by atoms with Gasteiger partial charge in [0.15, 0.2) is 5.17 Å². The second-order valence-corrected chi connectivity index (χ2v) is 7.89. The summed E-state index contributed by atoms with van der Waals surface area (Å²) in [6, 6.07) is 8.91. The van der Waals surface area contributed by atoms with E-state index in [-0.39, 0.29) is 0 Å². The molecule has 0 spiro atoms. The molecule has 5 heteroatoms. The van der Waals surface area contributed by atoms with Crippen LogP contribution in [0.2, 0.25) is 0 Å². The maximum Gasteiger partial charge on any atom is 0.168 e. The molecule has 1 aromatic carbocycles. The lowest BCUT2D eigenvalue weighted by Gasteiger charge is -2.15. The highest BCUT2D eigenvalue weighted by atomic mass is 32.2. The second kappa shape index (κ2) is 4.83. The van der Waals surface area contributed by atoms with Crippen LogP contribution in [0.1, 0.15) is 11.8 Å². The molecule has 0 unspecified atom stereocenters. The zero-order valence-electron chi connectivity index (χ0n) is 11.3. The Kier molecular flexibility index (Phi) is 3.09. The maximum atomic E-state index is 4.58. The molecule has 3 heterocycles. The van der Waals surface area contributed by atoms with Crippen molar-refractivity contribution >= 4 is 55.8 Å². The first-order chi connectivity index (χ1) is 9.78. The van der Waals surface area contributed by atoms with Crippen LogP contribution < -0.4 is 0 Å². The van der Waals surface area contributed by atoms with E-state index in [9.17, 15) is 0 Å². The molecule has 2 nitrogen and oxygen atoms in total. The topological polar surface area (TPSA) is 15.6 Å². The van der Waals surface area contributed by atoms with Crippen molar-refractivity contribution in [3.8, 4) is 0 Å². The van der Waals surface area contributed by atoms with Gasteiger partial charge < -0.3 is 4.90 Å². The predicted molar refractivity (Wildman–Crippen MR) is 92.8 cm³/mol. The van der Waals surface area contributed by atoms with Gasteiger partial charge in [-0.15, -0.1) is 23.1 Å². The first-order valence-electron chi connectivity index (χ1n) is 6.55. The molecule has 0 radical (unpaired) electrons. The van der Waals surface area contributed by atoms with Gasteiger partial charge in [0.25, 0.3) is 0 Å². The van der Waals surface area contributed by atoms with E-state index in [1.54, 1.807) is 0 Å². The summed E-state index contributed by atoms with van der Waals surface area (Å²) in [5.41, 5.74) is 1.37. The third-order valence-corrected chi connectivity index (χ3v) is 6.74. The number of amidine groups is 1. The minimum atomic E-state index is 0.931. The predicted octanol–water partition coefficient (Wildman–Crippen LogP) is 4.73. The van der Waals surface area contributed by atoms with Gasteiger partial charge in [-0.25, -0.2) is 0 Å². The summed E-state index contributed by atoms with van der Waals surface area (Å²) >= 11 is 5.55. The second-order valence-electron chi connectivity index (χ2n) is 4.81. The highest BCUT2D eigenvalue weighted by Crippen LogP contribution is 2.45. The van der Waals surface area contributed by atoms with Crippen LogP contribution in [0.25, 0.3) is 15.8 Å². The van der Waals surface area contributed by atoms with Crippen LogP contribution in [0, 0.1) is 0 Å². The monoisotopic (exact) mass is 318 g/mol. The Bertz CT molecular complexity index is 758. The molecule has 0 amide bonds. The zero-order valence-corrected chi connectivity index (χ0v) is 13.8. The third-order valence-electron chi connectivity index (χ3n) is 3.61. The number of fused-ring (bicyclic) bond motifs is 2. The lowest BCUT2D eigenvalue weighted by molar-refractivity contribution is 0.649. The molecule has 2 aliphatic heterocycles. The van der Waals surface area contributed by atoms with E-state index >= 15 is 0 Å². The Morgan fingerprint density at radius 2 is 2.25 bits per heavy atom. The zero-order chi connectivity index (χ0) is 13.7. The minimum Gasteiger partial charge on any atom is -0.317 e. The van der Waals surface area contributed by atoms with Crippen molar-refractivity contribution in [3.05, 3.63) is 34.0 Å². The number of thiophene rings is 1. The van der Waals surface area contributed by atoms with Gasteiger partial charge >= 0.3 is 0 Å². The van der Waals surface area contributed by atoms with Gasteiger partial charge in [-0.3, -0.25) is 4.99 Å². The van der Waals surface area contributed by atoms with E-state index in [1.165, 1.54) is 35.6 Å². The molecule has 0 aliphatic carbocycles. The molecular formula is C15H14N2S3.